The van der Waals surface area contributed by atoms with Gasteiger partial charge in [-0.15, -0.1) is 0 Å². The van der Waals surface area contributed by atoms with Crippen LogP contribution in [0.25, 0.3) is 0 Å². The topological polar surface area (TPSA) is 9.23 Å². The molecule has 2 aromatic carbocycles. The number of fused-ring (bicyclic) bond motifs is 1. The van der Waals surface area contributed by atoms with Gasteiger partial charge < -0.3 is 4.74 Å². The highest BCUT2D eigenvalue weighted by Crippen LogP contribution is 2.48. The number of hydrogen-bond acceptors (Lipinski definition) is 1. The van der Waals surface area contributed by atoms with E-state index >= 15 is 0 Å². The molecule has 2 fully saturated rings. The molecule has 114 valence electrons. The molecular weight excluding hydrogens is 268 g/mol. The minimum absolute atomic E-state index is 0.255. The zero-order valence-electron chi connectivity index (χ0n) is 13.0. The van der Waals surface area contributed by atoms with Gasteiger partial charge in [-0.25, -0.2) is 0 Å². The number of benzene rings is 2. The van der Waals surface area contributed by atoms with Crippen LogP contribution >= 0.6 is 0 Å². The minimum Gasteiger partial charge on any atom is -0.370 e. The van der Waals surface area contributed by atoms with Gasteiger partial charge in [0.05, 0.1) is 12.2 Å². The lowest BCUT2D eigenvalue weighted by molar-refractivity contribution is -0.111. The van der Waals surface area contributed by atoms with Crippen molar-refractivity contribution in [3.8, 4) is 0 Å². The van der Waals surface area contributed by atoms with Crippen LogP contribution in [0.3, 0.4) is 0 Å². The van der Waals surface area contributed by atoms with E-state index < -0.39 is 0 Å². The summed E-state index contributed by atoms with van der Waals surface area (Å²) >= 11 is 0. The van der Waals surface area contributed by atoms with Crippen LogP contribution in [0.5, 0.6) is 0 Å². The molecule has 0 bridgehead atoms. The Bertz CT molecular complexity index is 592. The van der Waals surface area contributed by atoms with Crippen molar-refractivity contribution >= 4 is 0 Å². The summed E-state index contributed by atoms with van der Waals surface area (Å²) in [6.45, 7) is 0. The van der Waals surface area contributed by atoms with Crippen molar-refractivity contribution < 1.29 is 4.74 Å². The smallest absolute Gasteiger partial charge is 0.0834 e. The molecule has 0 amide bonds. The Hall–Kier alpha value is -1.60. The quantitative estimate of drug-likeness (QED) is 0.711. The van der Waals surface area contributed by atoms with Crippen LogP contribution in [0, 0.1) is 5.92 Å². The lowest BCUT2D eigenvalue weighted by Gasteiger charge is -2.45. The van der Waals surface area contributed by atoms with E-state index in [1.807, 2.05) is 0 Å². The molecule has 2 aliphatic rings. The lowest BCUT2D eigenvalue weighted by Crippen LogP contribution is -2.38. The Labute approximate surface area is 133 Å². The molecule has 1 heterocycles. The maximum Gasteiger partial charge on any atom is 0.0834 e. The molecule has 4 unspecified atom stereocenters. The van der Waals surface area contributed by atoms with E-state index in [2.05, 4.69) is 60.7 Å². The Morgan fingerprint density at radius 1 is 0.727 bits per heavy atom. The summed E-state index contributed by atoms with van der Waals surface area (Å²) in [7, 11) is 0. The van der Waals surface area contributed by atoms with Gasteiger partial charge in [0.2, 0.25) is 0 Å². The standard InChI is InChI=1S/C21H24O/c1-3-9-16(10-4-1)19-15-21(17-11-5-2-6-12-17)22-20-14-8-7-13-18(19)20/h1-6,9-12,18-21H,7-8,13-15H2. The number of rotatable bonds is 2. The minimum atomic E-state index is 0.255. The second-order valence-electron chi connectivity index (χ2n) is 6.78. The van der Waals surface area contributed by atoms with Gasteiger partial charge in [0, 0.05) is 0 Å². The second-order valence-corrected chi connectivity index (χ2v) is 6.78. The first-order valence-corrected chi connectivity index (χ1v) is 8.67. The average molecular weight is 292 g/mol. The number of hydrogen-bond donors (Lipinski definition) is 0. The van der Waals surface area contributed by atoms with Crippen molar-refractivity contribution in [2.24, 2.45) is 5.92 Å². The highest BCUT2D eigenvalue weighted by atomic mass is 16.5. The normalized spacial score (nSPS) is 31.5. The predicted molar refractivity (Wildman–Crippen MR) is 89.8 cm³/mol. The van der Waals surface area contributed by atoms with Crippen LogP contribution in [-0.4, -0.2) is 6.10 Å². The molecule has 1 nitrogen and oxygen atoms in total. The predicted octanol–water partition coefficient (Wildman–Crippen LogP) is 5.49. The third kappa shape index (κ3) is 2.70. The van der Waals surface area contributed by atoms with E-state index in [0.717, 1.165) is 6.42 Å². The molecule has 0 aromatic heterocycles. The largest absolute Gasteiger partial charge is 0.370 e. The van der Waals surface area contributed by atoms with E-state index in [4.69, 9.17) is 4.74 Å². The van der Waals surface area contributed by atoms with Gasteiger partial charge in [-0.1, -0.05) is 73.5 Å². The van der Waals surface area contributed by atoms with Crippen LogP contribution in [0.15, 0.2) is 60.7 Å². The van der Waals surface area contributed by atoms with Crippen molar-refractivity contribution in [1.29, 1.82) is 0 Å². The Kier molecular flexibility index (Phi) is 3.99. The first-order chi connectivity index (χ1) is 10.9. The molecule has 1 saturated heterocycles. The van der Waals surface area contributed by atoms with Crippen LogP contribution in [0.2, 0.25) is 0 Å². The first-order valence-electron chi connectivity index (χ1n) is 8.67. The fourth-order valence-corrected chi connectivity index (χ4v) is 4.39. The van der Waals surface area contributed by atoms with Crippen LogP contribution < -0.4 is 0 Å². The van der Waals surface area contributed by atoms with Crippen LogP contribution in [-0.2, 0) is 4.74 Å². The van der Waals surface area contributed by atoms with Gasteiger partial charge in [0.15, 0.2) is 0 Å². The first kappa shape index (κ1) is 14.0. The van der Waals surface area contributed by atoms with Crippen molar-refractivity contribution in [3.05, 3.63) is 71.8 Å². The Balaban J connectivity index is 1.65. The zero-order chi connectivity index (χ0) is 14.8. The summed E-state index contributed by atoms with van der Waals surface area (Å²) in [5.41, 5.74) is 2.84. The van der Waals surface area contributed by atoms with Gasteiger partial charge >= 0.3 is 0 Å². The highest BCUT2D eigenvalue weighted by molar-refractivity contribution is 5.25. The summed E-state index contributed by atoms with van der Waals surface area (Å²) < 4.78 is 6.53. The molecule has 1 aliphatic heterocycles. The molecule has 22 heavy (non-hydrogen) atoms. The monoisotopic (exact) mass is 292 g/mol. The lowest BCUT2D eigenvalue weighted by atomic mass is 9.70. The van der Waals surface area contributed by atoms with Gasteiger partial charge in [-0.05, 0) is 42.2 Å². The molecule has 0 radical (unpaired) electrons. The van der Waals surface area contributed by atoms with E-state index in [1.54, 1.807) is 0 Å². The summed E-state index contributed by atoms with van der Waals surface area (Å²) in [5.74, 6) is 1.35. The Morgan fingerprint density at radius 3 is 2.09 bits per heavy atom. The third-order valence-electron chi connectivity index (χ3n) is 5.48. The fraction of sp³-hybridized carbons (Fsp3) is 0.429. The van der Waals surface area contributed by atoms with Gasteiger partial charge in [-0.2, -0.15) is 0 Å². The van der Waals surface area contributed by atoms with Crippen molar-refractivity contribution in [2.45, 2.75) is 50.2 Å². The molecule has 4 rings (SSSR count). The molecule has 0 spiro atoms. The van der Waals surface area contributed by atoms with Crippen LogP contribution in [0.4, 0.5) is 0 Å². The average Bonchev–Trinajstić information content (AvgIpc) is 2.62. The van der Waals surface area contributed by atoms with E-state index in [0.29, 0.717) is 17.9 Å². The molecule has 0 N–H and O–H groups in total. The van der Waals surface area contributed by atoms with Crippen LogP contribution in [0.1, 0.15) is 55.3 Å². The summed E-state index contributed by atoms with van der Waals surface area (Å²) in [6, 6.07) is 21.9. The second kappa shape index (κ2) is 6.26. The Morgan fingerprint density at radius 2 is 1.36 bits per heavy atom. The zero-order valence-corrected chi connectivity index (χ0v) is 13.0. The van der Waals surface area contributed by atoms with Crippen molar-refractivity contribution in [1.82, 2.24) is 0 Å². The van der Waals surface area contributed by atoms with E-state index in [-0.39, 0.29) is 6.10 Å². The number of ether oxygens (including phenoxy) is 1. The molecule has 1 saturated carbocycles. The molecule has 1 aliphatic carbocycles. The van der Waals surface area contributed by atoms with Crippen molar-refractivity contribution in [2.75, 3.05) is 0 Å². The van der Waals surface area contributed by atoms with E-state index in [9.17, 15) is 0 Å². The summed E-state index contributed by atoms with van der Waals surface area (Å²) in [6.07, 6.45) is 7.07. The maximum absolute atomic E-state index is 6.53. The maximum atomic E-state index is 6.53. The highest BCUT2D eigenvalue weighted by Gasteiger charge is 2.40. The fourth-order valence-electron chi connectivity index (χ4n) is 4.39. The molecular formula is C21H24O. The van der Waals surface area contributed by atoms with Gasteiger partial charge in [0.1, 0.15) is 0 Å². The van der Waals surface area contributed by atoms with Crippen molar-refractivity contribution in [3.63, 3.8) is 0 Å². The van der Waals surface area contributed by atoms with E-state index in [1.165, 1.54) is 36.8 Å². The SMILES string of the molecule is c1ccc(C2CC(c3ccccc3)C3CCCCC3O2)cc1. The molecule has 1 heteroatoms. The summed E-state index contributed by atoms with van der Waals surface area (Å²) in [5, 5.41) is 0. The van der Waals surface area contributed by atoms with Gasteiger partial charge in [0.25, 0.3) is 0 Å². The molecule has 2 aromatic rings. The molecule has 4 atom stereocenters. The van der Waals surface area contributed by atoms with Gasteiger partial charge in [-0.3, -0.25) is 0 Å². The third-order valence-corrected chi connectivity index (χ3v) is 5.48. The summed E-state index contributed by atoms with van der Waals surface area (Å²) in [4.78, 5) is 0.